The number of aliphatic hydroxyl groups excluding tert-OH is 1. The van der Waals surface area contributed by atoms with Crippen LogP contribution >= 0.6 is 0 Å². The molecule has 4 nitrogen and oxygen atoms in total. The minimum Gasteiger partial charge on any atom is -0.382 e. The van der Waals surface area contributed by atoms with Crippen LogP contribution < -0.4 is 0 Å². The molecule has 0 fully saturated rings. The summed E-state index contributed by atoms with van der Waals surface area (Å²) in [5.41, 5.74) is -1.43. The first-order chi connectivity index (χ1) is 16.0. The van der Waals surface area contributed by atoms with E-state index in [-0.39, 0.29) is 39.1 Å². The molecule has 0 amide bonds. The number of alkyl halides is 4. The van der Waals surface area contributed by atoms with Crippen LogP contribution in [-0.2, 0) is 13.5 Å². The largest absolute Gasteiger partial charge is 0.382 e. The van der Waals surface area contributed by atoms with Crippen molar-refractivity contribution in [3.63, 3.8) is 0 Å². The van der Waals surface area contributed by atoms with Crippen LogP contribution in [0.4, 0.5) is 26.3 Å². The van der Waals surface area contributed by atoms with E-state index in [1.807, 2.05) is 0 Å². The lowest BCUT2D eigenvalue weighted by Crippen LogP contribution is -2.26. The summed E-state index contributed by atoms with van der Waals surface area (Å²) >= 11 is 0. The highest BCUT2D eigenvalue weighted by molar-refractivity contribution is 5.71. The number of nitriles is 1. The van der Waals surface area contributed by atoms with Gasteiger partial charge in [-0.05, 0) is 46.9 Å². The van der Waals surface area contributed by atoms with Crippen molar-refractivity contribution >= 4 is 0 Å². The molecule has 0 saturated heterocycles. The van der Waals surface area contributed by atoms with E-state index in [0.717, 1.165) is 18.2 Å². The van der Waals surface area contributed by atoms with Crippen molar-refractivity contribution in [2.24, 2.45) is 7.05 Å². The summed E-state index contributed by atoms with van der Waals surface area (Å²) in [7, 11) is 1.53. The van der Waals surface area contributed by atoms with Crippen LogP contribution in [0.25, 0.3) is 11.3 Å². The number of rotatable bonds is 2. The Hall–Kier alpha value is -3.32. The van der Waals surface area contributed by atoms with Gasteiger partial charge in [0.25, 0.3) is 5.92 Å². The van der Waals surface area contributed by atoms with Crippen molar-refractivity contribution in [1.29, 1.82) is 5.26 Å². The Morgan fingerprint density at radius 3 is 2.53 bits per heavy atom. The second-order valence-electron chi connectivity index (χ2n) is 8.72. The number of nitrogens with zero attached hydrogens (tertiary/aromatic N) is 3. The Morgan fingerprint density at radius 1 is 1.15 bits per heavy atom. The van der Waals surface area contributed by atoms with Crippen LogP contribution in [0.15, 0.2) is 30.7 Å². The van der Waals surface area contributed by atoms with Gasteiger partial charge in [0.15, 0.2) is 6.17 Å². The van der Waals surface area contributed by atoms with Gasteiger partial charge in [-0.25, -0.2) is 31.3 Å². The van der Waals surface area contributed by atoms with E-state index in [9.17, 15) is 32.3 Å². The molecule has 0 aliphatic heterocycles. The molecular formula is C24H17F6N3O. The van der Waals surface area contributed by atoms with Crippen molar-refractivity contribution in [3.8, 4) is 17.3 Å². The number of aliphatic hydroxyl groups is 1. The van der Waals surface area contributed by atoms with Crippen LogP contribution in [0.2, 0.25) is 0 Å². The van der Waals surface area contributed by atoms with Crippen molar-refractivity contribution in [2.45, 2.75) is 43.1 Å². The second-order valence-corrected chi connectivity index (χ2v) is 8.72. The average molecular weight is 477 g/mol. The lowest BCUT2D eigenvalue weighted by Gasteiger charge is -2.33. The maximum atomic E-state index is 15.5. The molecule has 0 radical (unpaired) electrons. The summed E-state index contributed by atoms with van der Waals surface area (Å²) in [6.07, 6.45) is -5.62. The zero-order valence-electron chi connectivity index (χ0n) is 17.7. The minimum atomic E-state index is -3.64. The Morgan fingerprint density at radius 2 is 1.88 bits per heavy atom. The number of fused-ring (bicyclic) bond motifs is 2. The molecule has 0 spiro atoms. The van der Waals surface area contributed by atoms with Crippen LogP contribution in [0, 0.1) is 23.0 Å². The summed E-state index contributed by atoms with van der Waals surface area (Å²) in [4.78, 5) is 3.88. The van der Waals surface area contributed by atoms with Crippen LogP contribution in [0.1, 0.15) is 58.0 Å². The number of benzene rings is 2. The summed E-state index contributed by atoms with van der Waals surface area (Å²) in [5.74, 6) is -6.75. The normalized spacial score (nSPS) is 25.0. The van der Waals surface area contributed by atoms with E-state index < -0.39 is 60.3 Å². The summed E-state index contributed by atoms with van der Waals surface area (Å²) in [5, 5.41) is 20.0. The molecule has 4 atom stereocenters. The second kappa shape index (κ2) is 7.60. The topological polar surface area (TPSA) is 61.8 Å². The van der Waals surface area contributed by atoms with Gasteiger partial charge in [-0.2, -0.15) is 5.26 Å². The maximum Gasteiger partial charge on any atom is 0.281 e. The zero-order chi connectivity index (χ0) is 24.5. The van der Waals surface area contributed by atoms with E-state index in [1.54, 1.807) is 6.07 Å². The molecule has 34 heavy (non-hydrogen) atoms. The molecule has 1 unspecified atom stereocenters. The molecule has 2 aliphatic rings. The average Bonchev–Trinajstić information content (AvgIpc) is 3.30. The van der Waals surface area contributed by atoms with Gasteiger partial charge in [-0.15, -0.1) is 0 Å². The predicted octanol–water partition coefficient (Wildman–Crippen LogP) is 5.35. The Kier molecular flexibility index (Phi) is 5.02. The molecule has 2 aromatic carbocycles. The van der Waals surface area contributed by atoms with Crippen LogP contribution in [-0.4, -0.2) is 26.8 Å². The van der Waals surface area contributed by atoms with Gasteiger partial charge < -0.3 is 9.67 Å². The standard InChI is InChI=1S/C24H17F6N3O/c1-33-9-32-8-18(33)21-16(26)4-12(15-6-24(29,30)23(34)20(15)21)13-5-17(27)22(28)14-3-11(25)2-10(7-31)19(13)14/h2-4,8-9,13,17,22-23,34H,5-6H2,1H3/t13?,17-,22+,23-/m0/s1. The summed E-state index contributed by atoms with van der Waals surface area (Å²) in [6.45, 7) is 0. The third-order valence-corrected chi connectivity index (χ3v) is 6.72. The first-order valence-corrected chi connectivity index (χ1v) is 10.4. The predicted molar refractivity (Wildman–Crippen MR) is 109 cm³/mol. The molecule has 2 aliphatic carbocycles. The maximum absolute atomic E-state index is 15.5. The van der Waals surface area contributed by atoms with Gasteiger partial charge in [-0.3, -0.25) is 0 Å². The first-order valence-electron chi connectivity index (χ1n) is 10.4. The zero-order valence-corrected chi connectivity index (χ0v) is 17.7. The highest BCUT2D eigenvalue weighted by atomic mass is 19.3. The monoisotopic (exact) mass is 477 g/mol. The van der Waals surface area contributed by atoms with Crippen molar-refractivity contribution in [2.75, 3.05) is 0 Å². The Labute approximate surface area is 190 Å². The van der Waals surface area contributed by atoms with Crippen LogP contribution in [0.5, 0.6) is 0 Å². The Bertz CT molecular complexity index is 1360. The Balaban J connectivity index is 1.82. The molecule has 1 heterocycles. The number of aromatic nitrogens is 2. The molecule has 0 saturated carbocycles. The number of imidazole rings is 1. The number of hydrogen-bond donors (Lipinski definition) is 1. The molecule has 1 N–H and O–H groups in total. The molecule has 176 valence electrons. The van der Waals surface area contributed by atoms with E-state index in [0.29, 0.717) is 0 Å². The quantitative estimate of drug-likeness (QED) is 0.507. The van der Waals surface area contributed by atoms with Gasteiger partial charge >= 0.3 is 0 Å². The fraction of sp³-hybridized carbons (Fsp3) is 0.333. The van der Waals surface area contributed by atoms with Gasteiger partial charge in [0.2, 0.25) is 0 Å². The molecular weight excluding hydrogens is 460 g/mol. The highest BCUT2D eigenvalue weighted by Gasteiger charge is 2.51. The van der Waals surface area contributed by atoms with Gasteiger partial charge in [0, 0.05) is 30.5 Å². The van der Waals surface area contributed by atoms with Crippen molar-refractivity contribution in [3.05, 3.63) is 75.7 Å². The van der Waals surface area contributed by atoms with Crippen molar-refractivity contribution < 1.29 is 31.4 Å². The van der Waals surface area contributed by atoms with E-state index >= 15 is 4.39 Å². The number of hydrogen-bond acceptors (Lipinski definition) is 3. The smallest absolute Gasteiger partial charge is 0.281 e. The van der Waals surface area contributed by atoms with E-state index in [2.05, 4.69) is 4.98 Å². The van der Waals surface area contributed by atoms with E-state index in [4.69, 9.17) is 0 Å². The summed E-state index contributed by atoms with van der Waals surface area (Å²) in [6, 6.07) is 4.32. The first kappa shape index (κ1) is 22.5. The van der Waals surface area contributed by atoms with Gasteiger partial charge in [0.1, 0.15) is 23.9 Å². The van der Waals surface area contributed by atoms with Gasteiger partial charge in [-0.1, -0.05) is 0 Å². The molecule has 10 heteroatoms. The van der Waals surface area contributed by atoms with E-state index in [1.165, 1.54) is 24.1 Å². The van der Waals surface area contributed by atoms with Gasteiger partial charge in [0.05, 0.1) is 29.9 Å². The number of aryl methyl sites for hydroxylation is 1. The lowest BCUT2D eigenvalue weighted by atomic mass is 9.73. The lowest BCUT2D eigenvalue weighted by molar-refractivity contribution is -0.0967. The van der Waals surface area contributed by atoms with Crippen molar-refractivity contribution in [1.82, 2.24) is 9.55 Å². The molecule has 0 bridgehead atoms. The minimum absolute atomic E-state index is 0.0649. The molecule has 3 aromatic rings. The molecule has 5 rings (SSSR count). The SMILES string of the molecule is Cn1cncc1-c1c(F)cc(C2C[C@H](F)[C@H](F)c3cc(F)cc(C#N)c32)c2c1[C@H](O)C(F)(F)C2. The third-order valence-electron chi connectivity index (χ3n) is 6.72. The van der Waals surface area contributed by atoms with Crippen LogP contribution in [0.3, 0.4) is 0 Å². The molecule has 1 aromatic heterocycles. The summed E-state index contributed by atoms with van der Waals surface area (Å²) < 4.78 is 89.8. The fourth-order valence-electron chi connectivity index (χ4n) is 5.23. The highest BCUT2D eigenvalue weighted by Crippen LogP contribution is 2.54. The number of halogens is 6. The third kappa shape index (κ3) is 3.14. The fourth-order valence-corrected chi connectivity index (χ4v) is 5.23.